The maximum Gasteiger partial charge on any atom is 0.128 e. The van der Waals surface area contributed by atoms with Crippen molar-refractivity contribution in [2.24, 2.45) is 0 Å². The normalized spacial score (nSPS) is 10.5. The van der Waals surface area contributed by atoms with Gasteiger partial charge in [0.1, 0.15) is 5.82 Å². The molecule has 2 nitrogen and oxygen atoms in total. The Labute approximate surface area is 83.7 Å². The number of unbranched alkanes of at least 4 members (excludes halogenated alkanes) is 1. The van der Waals surface area contributed by atoms with Crippen molar-refractivity contribution < 1.29 is 9.60 Å². The molecule has 0 saturated carbocycles. The summed E-state index contributed by atoms with van der Waals surface area (Å²) >= 11 is 0. The number of nitrogens with one attached hydrogen (secondary N) is 1. The molecule has 0 fully saturated rings. The van der Waals surface area contributed by atoms with Gasteiger partial charge in [-0.15, -0.1) is 0 Å². The first-order chi connectivity index (χ1) is 6.79. The molecule has 3 heteroatoms. The lowest BCUT2D eigenvalue weighted by molar-refractivity contribution is 0.159. The smallest absolute Gasteiger partial charge is 0.128 e. The van der Waals surface area contributed by atoms with E-state index in [-0.39, 0.29) is 12.4 Å². The molecule has 0 radical (unpaired) electrons. The van der Waals surface area contributed by atoms with Gasteiger partial charge in [-0.2, -0.15) is 0 Å². The zero-order valence-corrected chi connectivity index (χ0v) is 8.39. The Morgan fingerprint density at radius 2 is 2.21 bits per heavy atom. The van der Waals surface area contributed by atoms with Gasteiger partial charge < -0.3 is 5.21 Å². The van der Waals surface area contributed by atoms with Crippen LogP contribution in [0.5, 0.6) is 0 Å². The van der Waals surface area contributed by atoms with E-state index in [1.165, 1.54) is 6.07 Å². The molecule has 14 heavy (non-hydrogen) atoms. The Bertz CT molecular complexity index is 289. The average molecular weight is 197 g/mol. The van der Waals surface area contributed by atoms with Crippen LogP contribution in [-0.4, -0.2) is 5.21 Å². The zero-order chi connectivity index (χ0) is 10.4. The second-order valence-corrected chi connectivity index (χ2v) is 3.32. The second kappa shape index (κ2) is 5.73. The number of halogens is 1. The summed E-state index contributed by atoms with van der Waals surface area (Å²) in [6.45, 7) is 2.27. The first-order valence-electron chi connectivity index (χ1n) is 4.92. The maximum absolute atomic E-state index is 13.3. The maximum atomic E-state index is 13.3. The minimum atomic E-state index is -0.250. The third-order valence-electron chi connectivity index (χ3n) is 2.27. The van der Waals surface area contributed by atoms with Crippen LogP contribution in [0, 0.1) is 5.82 Å². The van der Waals surface area contributed by atoms with Gasteiger partial charge >= 0.3 is 0 Å². The van der Waals surface area contributed by atoms with E-state index in [1.807, 2.05) is 11.5 Å². The van der Waals surface area contributed by atoms with E-state index in [2.05, 4.69) is 6.92 Å². The van der Waals surface area contributed by atoms with Gasteiger partial charge in [-0.3, -0.25) is 0 Å². The van der Waals surface area contributed by atoms with E-state index in [0.717, 1.165) is 24.8 Å². The Morgan fingerprint density at radius 3 is 2.86 bits per heavy atom. The summed E-state index contributed by atoms with van der Waals surface area (Å²) in [6, 6.07) is 5.04. The van der Waals surface area contributed by atoms with Crippen molar-refractivity contribution in [2.45, 2.75) is 32.7 Å². The summed E-state index contributed by atoms with van der Waals surface area (Å²) < 4.78 is 13.3. The predicted molar refractivity (Wildman–Crippen MR) is 53.6 cm³/mol. The van der Waals surface area contributed by atoms with Crippen molar-refractivity contribution >= 4 is 0 Å². The van der Waals surface area contributed by atoms with Crippen molar-refractivity contribution in [3.05, 3.63) is 35.1 Å². The van der Waals surface area contributed by atoms with E-state index in [0.29, 0.717) is 5.56 Å². The number of rotatable bonds is 5. The van der Waals surface area contributed by atoms with Crippen molar-refractivity contribution in [3.63, 3.8) is 0 Å². The fourth-order valence-corrected chi connectivity index (χ4v) is 1.48. The monoisotopic (exact) mass is 197 g/mol. The summed E-state index contributed by atoms with van der Waals surface area (Å²) in [5, 5.41) is 8.58. The van der Waals surface area contributed by atoms with Gasteiger partial charge in [0.2, 0.25) is 0 Å². The molecule has 0 aliphatic heterocycles. The van der Waals surface area contributed by atoms with Gasteiger partial charge in [-0.25, -0.2) is 9.87 Å². The SMILES string of the molecule is CCCCc1cccc(F)c1CNO. The predicted octanol–water partition coefficient (Wildman–Crippen LogP) is 2.65. The highest BCUT2D eigenvalue weighted by Crippen LogP contribution is 2.15. The molecule has 0 heterocycles. The van der Waals surface area contributed by atoms with Crippen LogP contribution in [0.3, 0.4) is 0 Å². The Hall–Kier alpha value is -0.930. The van der Waals surface area contributed by atoms with E-state index in [9.17, 15) is 4.39 Å². The van der Waals surface area contributed by atoms with Crippen LogP contribution in [0.15, 0.2) is 18.2 Å². The van der Waals surface area contributed by atoms with Crippen LogP contribution in [0.1, 0.15) is 30.9 Å². The molecule has 1 rings (SSSR count). The molecular formula is C11H16FNO. The van der Waals surface area contributed by atoms with Gasteiger partial charge in [0.15, 0.2) is 0 Å². The number of hydrogen-bond acceptors (Lipinski definition) is 2. The van der Waals surface area contributed by atoms with Gasteiger partial charge in [0.25, 0.3) is 0 Å². The topological polar surface area (TPSA) is 32.3 Å². The molecule has 1 aromatic rings. The van der Waals surface area contributed by atoms with Crippen molar-refractivity contribution in [2.75, 3.05) is 0 Å². The van der Waals surface area contributed by atoms with Crippen LogP contribution in [0.25, 0.3) is 0 Å². The average Bonchev–Trinajstić information content (AvgIpc) is 2.19. The highest BCUT2D eigenvalue weighted by molar-refractivity contribution is 5.28. The molecule has 2 N–H and O–H groups in total. The van der Waals surface area contributed by atoms with E-state index < -0.39 is 0 Å². The highest BCUT2D eigenvalue weighted by Gasteiger charge is 2.06. The van der Waals surface area contributed by atoms with E-state index >= 15 is 0 Å². The first kappa shape index (κ1) is 11.1. The van der Waals surface area contributed by atoms with Crippen LogP contribution in [-0.2, 0) is 13.0 Å². The Morgan fingerprint density at radius 1 is 1.43 bits per heavy atom. The van der Waals surface area contributed by atoms with Crippen LogP contribution >= 0.6 is 0 Å². The number of hydrogen-bond donors (Lipinski definition) is 2. The molecule has 1 aromatic carbocycles. The van der Waals surface area contributed by atoms with E-state index in [4.69, 9.17) is 5.21 Å². The summed E-state index contributed by atoms with van der Waals surface area (Å²) in [5.41, 5.74) is 3.55. The summed E-state index contributed by atoms with van der Waals surface area (Å²) in [4.78, 5) is 0. The van der Waals surface area contributed by atoms with Gasteiger partial charge in [0.05, 0.1) is 0 Å². The van der Waals surface area contributed by atoms with Crippen molar-refractivity contribution in [1.29, 1.82) is 0 Å². The summed E-state index contributed by atoms with van der Waals surface area (Å²) in [5.74, 6) is -0.250. The molecule has 0 unspecified atom stereocenters. The number of aryl methyl sites for hydroxylation is 1. The fourth-order valence-electron chi connectivity index (χ4n) is 1.48. The zero-order valence-electron chi connectivity index (χ0n) is 8.39. The second-order valence-electron chi connectivity index (χ2n) is 3.32. The summed E-state index contributed by atoms with van der Waals surface area (Å²) in [6.07, 6.45) is 3.00. The first-order valence-corrected chi connectivity index (χ1v) is 4.92. The molecule has 0 spiro atoms. The lowest BCUT2D eigenvalue weighted by atomic mass is 10.0. The molecule has 0 aliphatic carbocycles. The molecular weight excluding hydrogens is 181 g/mol. The van der Waals surface area contributed by atoms with Crippen LogP contribution in [0.4, 0.5) is 4.39 Å². The highest BCUT2D eigenvalue weighted by atomic mass is 19.1. The molecule has 78 valence electrons. The molecule has 0 aliphatic rings. The minimum Gasteiger partial charge on any atom is -0.316 e. The van der Waals surface area contributed by atoms with Crippen molar-refractivity contribution in [1.82, 2.24) is 5.48 Å². The molecule has 0 bridgehead atoms. The summed E-state index contributed by atoms with van der Waals surface area (Å²) in [7, 11) is 0. The van der Waals surface area contributed by atoms with Gasteiger partial charge in [-0.1, -0.05) is 25.5 Å². The molecule has 0 amide bonds. The van der Waals surface area contributed by atoms with Crippen LogP contribution < -0.4 is 5.48 Å². The fraction of sp³-hybridized carbons (Fsp3) is 0.455. The number of benzene rings is 1. The molecule has 0 atom stereocenters. The van der Waals surface area contributed by atoms with Gasteiger partial charge in [-0.05, 0) is 24.5 Å². The quantitative estimate of drug-likeness (QED) is 0.711. The Kier molecular flexibility index (Phi) is 4.56. The van der Waals surface area contributed by atoms with Crippen LogP contribution in [0.2, 0.25) is 0 Å². The number of hydroxylamine groups is 1. The molecule has 0 aromatic heterocycles. The standard InChI is InChI=1S/C11H16FNO/c1-2-3-5-9-6-4-7-11(12)10(9)8-13-14/h4,6-7,13-14H,2-3,5,8H2,1H3. The minimum absolute atomic E-state index is 0.172. The third-order valence-corrected chi connectivity index (χ3v) is 2.27. The lowest BCUT2D eigenvalue weighted by Gasteiger charge is -2.08. The largest absolute Gasteiger partial charge is 0.316 e. The Balaban J connectivity index is 2.83. The molecule has 0 saturated heterocycles. The van der Waals surface area contributed by atoms with Gasteiger partial charge in [0, 0.05) is 12.1 Å². The van der Waals surface area contributed by atoms with Crippen molar-refractivity contribution in [3.8, 4) is 0 Å². The third kappa shape index (κ3) is 2.79. The van der Waals surface area contributed by atoms with E-state index in [1.54, 1.807) is 6.07 Å². The lowest BCUT2D eigenvalue weighted by Crippen LogP contribution is -2.10.